The van der Waals surface area contributed by atoms with Gasteiger partial charge in [-0.05, 0) is 56.1 Å². The third-order valence-corrected chi connectivity index (χ3v) is 5.14. The van der Waals surface area contributed by atoms with E-state index in [0.717, 1.165) is 24.3 Å². The molecule has 1 aliphatic heterocycles. The van der Waals surface area contributed by atoms with Crippen molar-refractivity contribution in [3.8, 4) is 5.75 Å². The lowest BCUT2D eigenvalue weighted by molar-refractivity contribution is 0.0743. The molecule has 2 aromatic heterocycles. The number of likely N-dealkylation sites (tertiary alicyclic amines) is 1. The van der Waals surface area contributed by atoms with Gasteiger partial charge in [0, 0.05) is 30.5 Å². The topological polar surface area (TPSA) is 72.9 Å². The number of benzene rings is 1. The Balaban J connectivity index is 1.45. The van der Waals surface area contributed by atoms with E-state index in [-0.39, 0.29) is 11.9 Å². The summed E-state index contributed by atoms with van der Waals surface area (Å²) >= 11 is 0. The van der Waals surface area contributed by atoms with Crippen molar-refractivity contribution in [1.29, 1.82) is 0 Å². The molecule has 0 radical (unpaired) electrons. The molecule has 2 N–H and O–H groups in total. The largest absolute Gasteiger partial charge is 0.487 e. The second kappa shape index (κ2) is 7.40. The van der Waals surface area contributed by atoms with E-state index in [2.05, 4.69) is 11.9 Å². The Morgan fingerprint density at radius 2 is 2.19 bits per heavy atom. The van der Waals surface area contributed by atoms with E-state index >= 15 is 0 Å². The molecule has 1 amide bonds. The average Bonchev–Trinajstić information content (AvgIpc) is 3.28. The molecule has 2 unspecified atom stereocenters. The highest BCUT2D eigenvalue weighted by molar-refractivity contribution is 5.95. The van der Waals surface area contributed by atoms with Crippen LogP contribution in [-0.4, -0.2) is 39.3 Å². The van der Waals surface area contributed by atoms with Gasteiger partial charge in [0.2, 0.25) is 0 Å². The minimum Gasteiger partial charge on any atom is -0.487 e. The van der Waals surface area contributed by atoms with Crippen molar-refractivity contribution in [3.63, 3.8) is 0 Å². The molecule has 6 heteroatoms. The van der Waals surface area contributed by atoms with Gasteiger partial charge in [-0.15, -0.1) is 0 Å². The van der Waals surface area contributed by atoms with Crippen LogP contribution in [0.1, 0.15) is 29.4 Å². The lowest BCUT2D eigenvalue weighted by atomic mass is 10.1. The first-order valence-electron chi connectivity index (χ1n) is 9.30. The number of amides is 1. The Labute approximate surface area is 158 Å². The number of nitrogens with two attached hydrogens (primary N) is 1. The minimum atomic E-state index is 0.0385. The molecule has 1 aliphatic rings. The SMILES string of the molecule is CC1CC(CN)CN1C(=O)c1cccc(OCc2cn3ccccc3n2)c1. The lowest BCUT2D eigenvalue weighted by Gasteiger charge is -2.21. The van der Waals surface area contributed by atoms with E-state index in [1.165, 1.54) is 0 Å². The number of ether oxygens (including phenoxy) is 1. The number of carbonyl (C=O) groups excluding carboxylic acids is 1. The van der Waals surface area contributed by atoms with Crippen molar-refractivity contribution in [2.75, 3.05) is 13.1 Å². The summed E-state index contributed by atoms with van der Waals surface area (Å²) < 4.78 is 7.84. The van der Waals surface area contributed by atoms with Crippen LogP contribution < -0.4 is 10.5 Å². The molecule has 3 heterocycles. The zero-order valence-electron chi connectivity index (χ0n) is 15.4. The summed E-state index contributed by atoms with van der Waals surface area (Å²) in [6, 6.07) is 13.4. The van der Waals surface area contributed by atoms with Gasteiger partial charge in [-0.1, -0.05) is 12.1 Å². The quantitative estimate of drug-likeness (QED) is 0.755. The van der Waals surface area contributed by atoms with Crippen molar-refractivity contribution >= 4 is 11.6 Å². The Bertz CT molecular complexity index is 919. The second-order valence-electron chi connectivity index (χ2n) is 7.16. The molecule has 1 fully saturated rings. The molecule has 6 nitrogen and oxygen atoms in total. The Kier molecular flexibility index (Phi) is 4.81. The summed E-state index contributed by atoms with van der Waals surface area (Å²) in [5.41, 5.74) is 8.15. The minimum absolute atomic E-state index is 0.0385. The van der Waals surface area contributed by atoms with Gasteiger partial charge in [-0.3, -0.25) is 4.79 Å². The summed E-state index contributed by atoms with van der Waals surface area (Å²) in [6.45, 7) is 3.78. The second-order valence-corrected chi connectivity index (χ2v) is 7.16. The maximum atomic E-state index is 12.9. The summed E-state index contributed by atoms with van der Waals surface area (Å²) in [4.78, 5) is 19.3. The van der Waals surface area contributed by atoms with E-state index in [1.54, 1.807) is 6.07 Å². The van der Waals surface area contributed by atoms with E-state index in [4.69, 9.17) is 10.5 Å². The molecule has 140 valence electrons. The fourth-order valence-corrected chi connectivity index (χ4v) is 3.69. The number of imidazole rings is 1. The standard InChI is InChI=1S/C21H24N4O2/c1-15-9-16(11-22)12-25(15)21(26)17-5-4-6-19(10-17)27-14-18-13-24-8-3-2-7-20(24)23-18/h2-8,10,13,15-16H,9,11-12,14,22H2,1H3. The van der Waals surface area contributed by atoms with Crippen molar-refractivity contribution in [3.05, 3.63) is 66.1 Å². The van der Waals surface area contributed by atoms with Gasteiger partial charge in [0.1, 0.15) is 18.0 Å². The van der Waals surface area contributed by atoms with Crippen LogP contribution in [0, 0.1) is 5.92 Å². The molecule has 0 bridgehead atoms. The number of hydrogen-bond donors (Lipinski definition) is 1. The molecule has 0 aliphatic carbocycles. The molecule has 1 aromatic carbocycles. The first-order valence-corrected chi connectivity index (χ1v) is 9.30. The highest BCUT2D eigenvalue weighted by Crippen LogP contribution is 2.25. The number of aromatic nitrogens is 2. The van der Waals surface area contributed by atoms with E-state index in [0.29, 0.717) is 30.4 Å². The molecular formula is C21H24N4O2. The Morgan fingerprint density at radius 3 is 2.96 bits per heavy atom. The van der Waals surface area contributed by atoms with Crippen LogP contribution >= 0.6 is 0 Å². The number of nitrogens with zero attached hydrogens (tertiary/aromatic N) is 3. The number of fused-ring (bicyclic) bond motifs is 1. The van der Waals surface area contributed by atoms with Gasteiger partial charge >= 0.3 is 0 Å². The molecular weight excluding hydrogens is 340 g/mol. The van der Waals surface area contributed by atoms with Crippen molar-refractivity contribution < 1.29 is 9.53 Å². The third kappa shape index (κ3) is 3.66. The molecule has 27 heavy (non-hydrogen) atoms. The molecule has 1 saturated heterocycles. The molecule has 0 spiro atoms. The van der Waals surface area contributed by atoms with Gasteiger partial charge in [0.05, 0.1) is 5.69 Å². The predicted molar refractivity (Wildman–Crippen MR) is 104 cm³/mol. The van der Waals surface area contributed by atoms with Crippen molar-refractivity contribution in [1.82, 2.24) is 14.3 Å². The summed E-state index contributed by atoms with van der Waals surface area (Å²) in [5, 5.41) is 0. The molecule has 3 aromatic rings. The third-order valence-electron chi connectivity index (χ3n) is 5.14. The van der Waals surface area contributed by atoms with Gasteiger partial charge < -0.3 is 19.8 Å². The van der Waals surface area contributed by atoms with Crippen LogP contribution in [0.15, 0.2) is 54.9 Å². The average molecular weight is 364 g/mol. The van der Waals surface area contributed by atoms with E-state index in [1.807, 2.05) is 58.1 Å². The normalized spacial score (nSPS) is 19.6. The van der Waals surface area contributed by atoms with Crippen LogP contribution in [0.25, 0.3) is 5.65 Å². The zero-order chi connectivity index (χ0) is 18.8. The lowest BCUT2D eigenvalue weighted by Crippen LogP contribution is -2.34. The maximum absolute atomic E-state index is 12.9. The van der Waals surface area contributed by atoms with Crippen molar-refractivity contribution in [2.24, 2.45) is 11.7 Å². The van der Waals surface area contributed by atoms with Crippen LogP contribution in [0.3, 0.4) is 0 Å². The number of carbonyl (C=O) groups is 1. The molecule has 0 saturated carbocycles. The first-order chi connectivity index (χ1) is 13.1. The molecule has 2 atom stereocenters. The number of pyridine rings is 1. The number of hydrogen-bond acceptors (Lipinski definition) is 4. The van der Waals surface area contributed by atoms with Crippen LogP contribution in [0.5, 0.6) is 5.75 Å². The van der Waals surface area contributed by atoms with E-state index < -0.39 is 0 Å². The van der Waals surface area contributed by atoms with Crippen LogP contribution in [-0.2, 0) is 6.61 Å². The van der Waals surface area contributed by atoms with Gasteiger partial charge in [-0.2, -0.15) is 0 Å². The van der Waals surface area contributed by atoms with Crippen molar-refractivity contribution in [2.45, 2.75) is 26.0 Å². The maximum Gasteiger partial charge on any atom is 0.254 e. The smallest absolute Gasteiger partial charge is 0.254 e. The highest BCUT2D eigenvalue weighted by atomic mass is 16.5. The summed E-state index contributed by atoms with van der Waals surface area (Å²) in [5.74, 6) is 1.09. The summed E-state index contributed by atoms with van der Waals surface area (Å²) in [6.07, 6.45) is 4.87. The zero-order valence-corrected chi connectivity index (χ0v) is 15.4. The predicted octanol–water partition coefficient (Wildman–Crippen LogP) is 2.72. The van der Waals surface area contributed by atoms with Gasteiger partial charge in [-0.25, -0.2) is 4.98 Å². The fraction of sp³-hybridized carbons (Fsp3) is 0.333. The number of rotatable bonds is 5. The monoisotopic (exact) mass is 364 g/mol. The van der Waals surface area contributed by atoms with Crippen LogP contribution in [0.4, 0.5) is 0 Å². The fourth-order valence-electron chi connectivity index (χ4n) is 3.69. The highest BCUT2D eigenvalue weighted by Gasteiger charge is 2.32. The van der Waals surface area contributed by atoms with Crippen LogP contribution in [0.2, 0.25) is 0 Å². The first kappa shape index (κ1) is 17.5. The Morgan fingerprint density at radius 1 is 1.30 bits per heavy atom. The Hall–Kier alpha value is -2.86. The molecule has 4 rings (SSSR count). The van der Waals surface area contributed by atoms with Gasteiger partial charge in [0.25, 0.3) is 5.91 Å². The summed E-state index contributed by atoms with van der Waals surface area (Å²) in [7, 11) is 0. The van der Waals surface area contributed by atoms with E-state index in [9.17, 15) is 4.79 Å². The van der Waals surface area contributed by atoms with Gasteiger partial charge in [0.15, 0.2) is 0 Å².